The van der Waals surface area contributed by atoms with Crippen LogP contribution in [0.3, 0.4) is 0 Å². The second-order valence-electron chi connectivity index (χ2n) is 7.78. The van der Waals surface area contributed by atoms with Crippen LogP contribution in [0.2, 0.25) is 0 Å². The summed E-state index contributed by atoms with van der Waals surface area (Å²) in [5.41, 5.74) is 0. The molecule has 2 heterocycles. The molecule has 0 aromatic rings. The van der Waals surface area contributed by atoms with Crippen molar-refractivity contribution in [1.82, 2.24) is 20.4 Å². The molecule has 2 aliphatic heterocycles. The lowest BCUT2D eigenvalue weighted by Crippen LogP contribution is -2.50. The molecule has 0 atom stereocenters. The molecular formula is C20H40IN5O3. The number of piperidine rings is 1. The third-order valence-corrected chi connectivity index (χ3v) is 5.22. The molecule has 0 radical (unpaired) electrons. The number of nitrogens with one attached hydrogen (secondary N) is 2. The van der Waals surface area contributed by atoms with E-state index >= 15 is 0 Å². The first-order valence-electron chi connectivity index (χ1n) is 10.7. The van der Waals surface area contributed by atoms with Crippen LogP contribution in [0, 0.1) is 0 Å². The van der Waals surface area contributed by atoms with Gasteiger partial charge >= 0.3 is 0 Å². The molecule has 8 nitrogen and oxygen atoms in total. The average Bonchev–Trinajstić information content (AvgIpc) is 2.70. The quantitative estimate of drug-likeness (QED) is 0.205. The molecule has 2 fully saturated rings. The van der Waals surface area contributed by atoms with E-state index in [1.807, 2.05) is 14.1 Å². The van der Waals surface area contributed by atoms with Crippen molar-refractivity contribution in [1.29, 1.82) is 0 Å². The van der Waals surface area contributed by atoms with Gasteiger partial charge in [-0.2, -0.15) is 0 Å². The minimum atomic E-state index is 0. The van der Waals surface area contributed by atoms with Gasteiger partial charge in [-0.1, -0.05) is 0 Å². The number of hydrogen-bond donors (Lipinski definition) is 2. The molecular weight excluding hydrogens is 485 g/mol. The number of halogens is 1. The highest BCUT2D eigenvalue weighted by Crippen LogP contribution is 2.11. The van der Waals surface area contributed by atoms with E-state index in [4.69, 9.17) is 14.5 Å². The number of rotatable bonds is 9. The lowest BCUT2D eigenvalue weighted by molar-refractivity contribution is -0.130. The van der Waals surface area contributed by atoms with Gasteiger partial charge in [-0.3, -0.25) is 14.7 Å². The summed E-state index contributed by atoms with van der Waals surface area (Å²) in [6.07, 6.45) is 5.35. The number of hydrogen-bond acceptors (Lipinski definition) is 5. The maximum absolute atomic E-state index is 11.9. The summed E-state index contributed by atoms with van der Waals surface area (Å²) in [5.74, 6) is 1.06. The van der Waals surface area contributed by atoms with E-state index in [1.54, 1.807) is 4.90 Å². The van der Waals surface area contributed by atoms with Gasteiger partial charge in [0.2, 0.25) is 5.91 Å². The van der Waals surface area contributed by atoms with Crippen molar-refractivity contribution in [2.45, 2.75) is 51.2 Å². The van der Waals surface area contributed by atoms with Gasteiger partial charge in [0, 0.05) is 66.1 Å². The summed E-state index contributed by atoms with van der Waals surface area (Å²) in [4.78, 5) is 20.4. The average molecular weight is 525 g/mol. The first-order chi connectivity index (χ1) is 13.6. The molecule has 2 rings (SSSR count). The Bertz CT molecular complexity index is 479. The van der Waals surface area contributed by atoms with Crippen LogP contribution >= 0.6 is 24.0 Å². The van der Waals surface area contributed by atoms with E-state index in [-0.39, 0.29) is 29.9 Å². The Hall–Kier alpha value is -0.650. The van der Waals surface area contributed by atoms with Gasteiger partial charge < -0.3 is 25.0 Å². The van der Waals surface area contributed by atoms with Crippen LogP contribution in [0.25, 0.3) is 0 Å². The molecule has 2 N–H and O–H groups in total. The van der Waals surface area contributed by atoms with Gasteiger partial charge in [0.1, 0.15) is 0 Å². The summed E-state index contributed by atoms with van der Waals surface area (Å²) in [7, 11) is 3.62. The van der Waals surface area contributed by atoms with Crippen LogP contribution < -0.4 is 10.6 Å². The van der Waals surface area contributed by atoms with Crippen molar-refractivity contribution in [2.75, 3.05) is 66.6 Å². The number of amides is 1. The highest BCUT2D eigenvalue weighted by Gasteiger charge is 2.22. The van der Waals surface area contributed by atoms with Gasteiger partial charge in [-0.05, 0) is 39.0 Å². The summed E-state index contributed by atoms with van der Waals surface area (Å²) < 4.78 is 11.3. The molecule has 0 bridgehead atoms. The van der Waals surface area contributed by atoms with E-state index in [2.05, 4.69) is 22.5 Å². The Balaban J connectivity index is 0.00000420. The normalized spacial score (nSPS) is 19.5. The minimum absolute atomic E-state index is 0. The largest absolute Gasteiger partial charge is 0.381 e. The molecule has 0 spiro atoms. The predicted molar refractivity (Wildman–Crippen MR) is 127 cm³/mol. The van der Waals surface area contributed by atoms with Crippen LogP contribution in [-0.4, -0.2) is 100 Å². The van der Waals surface area contributed by atoms with Crippen molar-refractivity contribution < 1.29 is 14.3 Å². The molecule has 170 valence electrons. The Morgan fingerprint density at radius 1 is 1.21 bits per heavy atom. The van der Waals surface area contributed by atoms with Crippen LogP contribution in [0.15, 0.2) is 4.99 Å². The summed E-state index contributed by atoms with van der Waals surface area (Å²) >= 11 is 0. The van der Waals surface area contributed by atoms with Crippen molar-refractivity contribution in [3.05, 3.63) is 0 Å². The number of carbonyl (C=O) groups is 1. The van der Waals surface area contributed by atoms with Crippen LogP contribution in [0.5, 0.6) is 0 Å². The number of ether oxygens (including phenoxy) is 2. The molecule has 0 saturated carbocycles. The Morgan fingerprint density at radius 2 is 1.90 bits per heavy atom. The second kappa shape index (κ2) is 15.2. The van der Waals surface area contributed by atoms with Gasteiger partial charge in [0.25, 0.3) is 0 Å². The number of guanidine groups is 1. The van der Waals surface area contributed by atoms with E-state index < -0.39 is 0 Å². The number of likely N-dealkylation sites (tertiary alicyclic amines) is 1. The fourth-order valence-electron chi connectivity index (χ4n) is 3.43. The topological polar surface area (TPSA) is 78.4 Å². The molecule has 9 heteroatoms. The van der Waals surface area contributed by atoms with Crippen molar-refractivity contribution in [3.8, 4) is 0 Å². The number of nitrogens with zero attached hydrogens (tertiary/aromatic N) is 3. The third kappa shape index (κ3) is 10.8. The zero-order valence-corrected chi connectivity index (χ0v) is 20.7. The van der Waals surface area contributed by atoms with E-state index in [1.165, 1.54) is 0 Å². The van der Waals surface area contributed by atoms with Crippen LogP contribution in [0.4, 0.5) is 0 Å². The van der Waals surface area contributed by atoms with E-state index in [0.717, 1.165) is 84.1 Å². The van der Waals surface area contributed by atoms with Crippen molar-refractivity contribution >= 4 is 35.8 Å². The molecule has 2 saturated heterocycles. The predicted octanol–water partition coefficient (Wildman–Crippen LogP) is 1.30. The zero-order chi connectivity index (χ0) is 20.2. The standard InChI is InChI=1S/C20H39N5O3.HI/c1-4-21-20(22-10-5-13-28-18-8-14-27-15-9-18)23-17-6-11-25(12-7-17)16-19(26)24(2)3;/h17-18H,4-16H2,1-3H3,(H2,21,22,23);1H. The van der Waals surface area contributed by atoms with Gasteiger partial charge in [-0.15, -0.1) is 24.0 Å². The fourth-order valence-corrected chi connectivity index (χ4v) is 3.43. The molecule has 2 aliphatic rings. The monoisotopic (exact) mass is 525 g/mol. The third-order valence-electron chi connectivity index (χ3n) is 5.22. The Labute approximate surface area is 193 Å². The molecule has 0 aliphatic carbocycles. The van der Waals surface area contributed by atoms with Crippen LogP contribution in [0.1, 0.15) is 39.0 Å². The summed E-state index contributed by atoms with van der Waals surface area (Å²) in [6, 6.07) is 0.405. The van der Waals surface area contributed by atoms with Gasteiger partial charge in [0.15, 0.2) is 5.96 Å². The molecule has 0 aromatic carbocycles. The Morgan fingerprint density at radius 3 is 2.52 bits per heavy atom. The van der Waals surface area contributed by atoms with Gasteiger partial charge in [0.05, 0.1) is 12.6 Å². The molecule has 1 amide bonds. The SMILES string of the molecule is CCNC(=NCCCOC1CCOCC1)NC1CCN(CC(=O)N(C)C)CC1.I. The minimum Gasteiger partial charge on any atom is -0.381 e. The maximum atomic E-state index is 11.9. The second-order valence-corrected chi connectivity index (χ2v) is 7.78. The fraction of sp³-hybridized carbons (Fsp3) is 0.900. The zero-order valence-electron chi connectivity index (χ0n) is 18.3. The summed E-state index contributed by atoms with van der Waals surface area (Å²) in [6.45, 7) is 8.48. The van der Waals surface area contributed by atoms with Crippen molar-refractivity contribution in [2.24, 2.45) is 4.99 Å². The maximum Gasteiger partial charge on any atom is 0.236 e. The highest BCUT2D eigenvalue weighted by molar-refractivity contribution is 14.0. The first-order valence-corrected chi connectivity index (χ1v) is 10.7. The number of likely N-dealkylation sites (N-methyl/N-ethyl adjacent to an activating group) is 1. The first kappa shape index (κ1) is 26.4. The number of aliphatic imine (C=N–C) groups is 1. The van der Waals surface area contributed by atoms with E-state index in [9.17, 15) is 4.79 Å². The van der Waals surface area contributed by atoms with Crippen molar-refractivity contribution in [3.63, 3.8) is 0 Å². The lowest BCUT2D eigenvalue weighted by Gasteiger charge is -2.33. The molecule has 0 unspecified atom stereocenters. The van der Waals surface area contributed by atoms with E-state index in [0.29, 0.717) is 18.7 Å². The Kier molecular flexibility index (Phi) is 13.8. The molecule has 29 heavy (non-hydrogen) atoms. The summed E-state index contributed by atoms with van der Waals surface area (Å²) in [5, 5.41) is 6.89. The highest BCUT2D eigenvalue weighted by atomic mass is 127. The van der Waals surface area contributed by atoms with Crippen LogP contribution in [-0.2, 0) is 14.3 Å². The molecule has 0 aromatic heterocycles. The number of carbonyl (C=O) groups excluding carboxylic acids is 1. The van der Waals surface area contributed by atoms with Gasteiger partial charge in [-0.25, -0.2) is 0 Å². The smallest absolute Gasteiger partial charge is 0.236 e. The lowest BCUT2D eigenvalue weighted by atomic mass is 10.1.